The number of aliphatic hydroxyl groups is 1. The average Bonchev–Trinajstić information content (AvgIpc) is 3.79. The Balaban J connectivity index is 1.49. The number of rotatable bonds is 13. The third-order valence-corrected chi connectivity index (χ3v) is 27.8. The van der Waals surface area contributed by atoms with Crippen LogP contribution < -0.4 is 14.1 Å². The van der Waals surface area contributed by atoms with Crippen molar-refractivity contribution in [3.8, 4) is 34.5 Å². The summed E-state index contributed by atoms with van der Waals surface area (Å²) < 4.78 is 62.4. The van der Waals surface area contributed by atoms with Crippen LogP contribution in [0.3, 0.4) is 0 Å². The van der Waals surface area contributed by atoms with E-state index in [1.807, 2.05) is 17.0 Å². The summed E-state index contributed by atoms with van der Waals surface area (Å²) in [6.07, 6.45) is 5.96. The van der Waals surface area contributed by atoms with E-state index in [4.69, 9.17) is 24.1 Å². The molecule has 3 aliphatic heterocycles. The summed E-state index contributed by atoms with van der Waals surface area (Å²) in [5.74, 6) is 3.22. The Labute approximate surface area is 387 Å². The van der Waals surface area contributed by atoms with Crippen LogP contribution >= 0.6 is 0 Å². The minimum absolute atomic E-state index is 0.00128. The van der Waals surface area contributed by atoms with E-state index in [9.17, 15) is 9.50 Å². The number of halogens is 3. The van der Waals surface area contributed by atoms with Gasteiger partial charge < -0.3 is 19.2 Å². The van der Waals surface area contributed by atoms with Crippen molar-refractivity contribution in [2.45, 2.75) is 166 Å². The van der Waals surface area contributed by atoms with Gasteiger partial charge in [-0.25, -0.2) is 13.2 Å². The molecule has 0 spiro atoms. The topological polar surface area (TPSA) is 83.8 Å². The first-order valence-corrected chi connectivity index (χ1v) is 28.5. The zero-order valence-electron chi connectivity index (χ0n) is 41.1. The van der Waals surface area contributed by atoms with Gasteiger partial charge in [-0.3, -0.25) is 9.88 Å². The summed E-state index contributed by atoms with van der Waals surface area (Å²) in [5.41, 5.74) is 5.36. The van der Waals surface area contributed by atoms with Crippen LogP contribution in [-0.4, -0.2) is 85.3 Å². The number of hydrogen-bond donors (Lipinski definition) is 1. The molecule has 0 amide bonds. The lowest BCUT2D eigenvalue weighted by atomic mass is 9.94. The molecule has 0 radical (unpaired) electrons. The first-order valence-electron chi connectivity index (χ1n) is 24.1. The molecule has 5 heterocycles. The molecule has 3 aliphatic rings. The maximum absolute atomic E-state index is 18.1. The van der Waals surface area contributed by atoms with Crippen LogP contribution in [0, 0.1) is 23.1 Å². The molecule has 0 bridgehead atoms. The standard InChI is InChI=1S/C52H72F3N5O3Si2/c1-32(2)64(33(3)4,34(5)6)23-18-41-44(54)17-16-39-24-40(63-65(35(7)8,36(9)10)37(11)12)25-42(45(39)41)47-46(55)48-43(28-56-47)49(59-21-14-19-51(13,61)30-59)58-50(57-48)62-31-52-20-15-22-60(52)29-38(26-52)27-53/h16-17,24-25,27-28,32-37,61H,14-15,19-22,26,29-31H2,1-13H3/b38-27-/t51-,52?/m1/s1. The van der Waals surface area contributed by atoms with E-state index in [-0.39, 0.29) is 52.6 Å². The van der Waals surface area contributed by atoms with Gasteiger partial charge in [0.2, 0.25) is 0 Å². The van der Waals surface area contributed by atoms with Gasteiger partial charge in [-0.05, 0) is 108 Å². The van der Waals surface area contributed by atoms with Crippen LogP contribution in [-0.2, 0) is 0 Å². The number of nitrogens with zero attached hydrogens (tertiary/aromatic N) is 5. The second-order valence-corrected chi connectivity index (χ2v) is 32.5. The van der Waals surface area contributed by atoms with Crippen molar-refractivity contribution in [2.24, 2.45) is 0 Å². The molecule has 4 aromatic rings. The Morgan fingerprint density at radius 1 is 0.877 bits per heavy atom. The van der Waals surface area contributed by atoms with Crippen molar-refractivity contribution in [2.75, 3.05) is 37.7 Å². The smallest absolute Gasteiger partial charge is 0.319 e. The fourth-order valence-corrected chi connectivity index (χ4v) is 23.0. The number of benzene rings is 2. The number of ether oxygens (including phenoxy) is 1. The van der Waals surface area contributed by atoms with Crippen LogP contribution in [0.1, 0.15) is 128 Å². The summed E-state index contributed by atoms with van der Waals surface area (Å²) in [6, 6.07) is 6.99. The third kappa shape index (κ3) is 8.86. The number of hydrogen-bond acceptors (Lipinski definition) is 8. The predicted octanol–water partition coefficient (Wildman–Crippen LogP) is 13.1. The summed E-state index contributed by atoms with van der Waals surface area (Å²) in [5, 5.41) is 12.8. The molecule has 352 valence electrons. The maximum Gasteiger partial charge on any atom is 0.319 e. The Morgan fingerprint density at radius 3 is 2.15 bits per heavy atom. The lowest BCUT2D eigenvalue weighted by molar-refractivity contribution is 0.0447. The van der Waals surface area contributed by atoms with Gasteiger partial charge in [0.1, 0.15) is 43.3 Å². The monoisotopic (exact) mass is 928 g/mol. The Bertz CT molecular complexity index is 2470. The van der Waals surface area contributed by atoms with Crippen LogP contribution in [0.2, 0.25) is 33.2 Å². The molecule has 8 nitrogen and oxygen atoms in total. The zero-order chi connectivity index (χ0) is 47.4. The minimum atomic E-state index is -2.52. The van der Waals surface area contributed by atoms with E-state index in [0.29, 0.717) is 88.6 Å². The van der Waals surface area contributed by atoms with Gasteiger partial charge in [-0.2, -0.15) is 9.97 Å². The normalized spacial score (nSPS) is 21.6. The molecule has 3 saturated heterocycles. The number of pyridine rings is 1. The quantitative estimate of drug-likeness (QED) is 0.105. The molecule has 1 N–H and O–H groups in total. The second kappa shape index (κ2) is 18.6. The molecule has 0 saturated carbocycles. The molecule has 65 heavy (non-hydrogen) atoms. The van der Waals surface area contributed by atoms with Crippen molar-refractivity contribution < 1.29 is 27.4 Å². The van der Waals surface area contributed by atoms with E-state index in [1.54, 1.807) is 19.2 Å². The van der Waals surface area contributed by atoms with Crippen molar-refractivity contribution in [1.29, 1.82) is 0 Å². The van der Waals surface area contributed by atoms with Gasteiger partial charge in [-0.1, -0.05) is 95.1 Å². The van der Waals surface area contributed by atoms with E-state index in [1.165, 1.54) is 6.07 Å². The third-order valence-electron chi connectivity index (χ3n) is 15.5. The summed E-state index contributed by atoms with van der Waals surface area (Å²) in [4.78, 5) is 18.8. The lowest BCUT2D eigenvalue weighted by Gasteiger charge is -2.42. The summed E-state index contributed by atoms with van der Waals surface area (Å²) >= 11 is 0. The lowest BCUT2D eigenvalue weighted by Crippen LogP contribution is -2.50. The van der Waals surface area contributed by atoms with Gasteiger partial charge in [0.05, 0.1) is 28.4 Å². The molecular formula is C52H72F3N5O3Si2. The maximum atomic E-state index is 18.1. The minimum Gasteiger partial charge on any atom is -0.543 e. The van der Waals surface area contributed by atoms with E-state index in [2.05, 4.69) is 99.4 Å². The molecular weight excluding hydrogens is 856 g/mol. The molecule has 2 aromatic carbocycles. The van der Waals surface area contributed by atoms with Gasteiger partial charge in [0, 0.05) is 36.8 Å². The fourth-order valence-electron chi connectivity index (χ4n) is 12.5. The molecule has 2 atom stereocenters. The number of fused-ring (bicyclic) bond motifs is 3. The van der Waals surface area contributed by atoms with Gasteiger partial charge in [-0.15, -0.1) is 5.54 Å². The Hall–Kier alpha value is -3.97. The molecule has 13 heteroatoms. The number of aromatic nitrogens is 3. The Morgan fingerprint density at radius 2 is 1.54 bits per heavy atom. The van der Waals surface area contributed by atoms with Crippen molar-refractivity contribution in [3.63, 3.8) is 0 Å². The van der Waals surface area contributed by atoms with E-state index < -0.39 is 39.2 Å². The van der Waals surface area contributed by atoms with Crippen LogP contribution in [0.25, 0.3) is 32.9 Å². The van der Waals surface area contributed by atoms with Gasteiger partial charge in [0.25, 0.3) is 8.32 Å². The summed E-state index contributed by atoms with van der Waals surface area (Å²) in [6.45, 7) is 31.0. The summed E-state index contributed by atoms with van der Waals surface area (Å²) in [7, 11) is -4.86. The second-order valence-electron chi connectivity index (χ2n) is 21.6. The van der Waals surface area contributed by atoms with E-state index in [0.717, 1.165) is 25.0 Å². The van der Waals surface area contributed by atoms with Gasteiger partial charge in [0.15, 0.2) is 5.82 Å². The molecule has 1 unspecified atom stereocenters. The van der Waals surface area contributed by atoms with Crippen molar-refractivity contribution in [1.82, 2.24) is 19.9 Å². The average molecular weight is 928 g/mol. The SMILES string of the molecule is CC(C)[Si](C#Cc1c(F)ccc2cc(O[Si](C(C)C)(C(C)C)C(C)C)cc(-c3ncc4c(N5CCC[C@@](C)(O)C5)nc(OCC56CCCN5C/C(=C\F)C6)nc4c3F)c12)(C(C)C)C(C)C. The Kier molecular flexibility index (Phi) is 14.0. The molecule has 0 aliphatic carbocycles. The van der Waals surface area contributed by atoms with Crippen LogP contribution in [0.5, 0.6) is 11.8 Å². The molecule has 2 aromatic heterocycles. The van der Waals surface area contributed by atoms with Crippen LogP contribution in [0.15, 0.2) is 42.4 Å². The van der Waals surface area contributed by atoms with Gasteiger partial charge >= 0.3 is 6.01 Å². The highest BCUT2D eigenvalue weighted by Gasteiger charge is 2.49. The van der Waals surface area contributed by atoms with E-state index >= 15 is 8.78 Å². The number of β-amino-alcohol motifs (C(OH)–C–C–N with tert-alkyl or cyclic N) is 1. The molecule has 7 rings (SSSR count). The fraction of sp³-hybridized carbons (Fsp3) is 0.596. The predicted molar refractivity (Wildman–Crippen MR) is 265 cm³/mol. The first kappa shape index (κ1) is 49.0. The zero-order valence-corrected chi connectivity index (χ0v) is 43.1. The highest BCUT2D eigenvalue weighted by atomic mass is 28.4. The molecule has 3 fully saturated rings. The highest BCUT2D eigenvalue weighted by Crippen LogP contribution is 2.47. The van der Waals surface area contributed by atoms with Crippen molar-refractivity contribution in [3.05, 3.63) is 59.6 Å². The number of anilines is 1. The van der Waals surface area contributed by atoms with Crippen molar-refractivity contribution >= 4 is 43.9 Å². The largest absolute Gasteiger partial charge is 0.543 e. The van der Waals surface area contributed by atoms with Crippen LogP contribution in [0.4, 0.5) is 19.0 Å². The highest BCUT2D eigenvalue weighted by molar-refractivity contribution is 6.90. The number of piperidine rings is 1. The first-order chi connectivity index (χ1) is 30.6.